The summed E-state index contributed by atoms with van der Waals surface area (Å²) in [5.74, 6) is 1.23. The molecule has 0 unspecified atom stereocenters. The summed E-state index contributed by atoms with van der Waals surface area (Å²) in [5, 5.41) is 0. The molecule has 0 saturated heterocycles. The van der Waals surface area contributed by atoms with Crippen molar-refractivity contribution in [2.75, 3.05) is 19.4 Å². The number of hydrogen-bond donors (Lipinski definition) is 0. The van der Waals surface area contributed by atoms with Gasteiger partial charge in [0.1, 0.15) is 0 Å². The highest BCUT2D eigenvalue weighted by Crippen LogP contribution is 2.28. The normalized spacial score (nSPS) is 12.8. The van der Waals surface area contributed by atoms with Crippen molar-refractivity contribution in [2.24, 2.45) is 0 Å². The van der Waals surface area contributed by atoms with Crippen LogP contribution in [0.3, 0.4) is 0 Å². The topological polar surface area (TPSA) is 12.5 Å². The highest BCUT2D eigenvalue weighted by molar-refractivity contribution is 8.75. The van der Waals surface area contributed by atoms with Crippen molar-refractivity contribution >= 4 is 30.1 Å². The lowest BCUT2D eigenvalue weighted by Gasteiger charge is -2.22. The summed E-state index contributed by atoms with van der Waals surface area (Å²) in [5.41, 5.74) is 0. The first kappa shape index (κ1) is 16.8. The van der Waals surface area contributed by atoms with Gasteiger partial charge in [0.15, 0.2) is 8.32 Å². The Hall–Kier alpha value is 0.837. The Labute approximate surface area is 111 Å². The Morgan fingerprint density at radius 3 is 2.44 bits per heavy atom. The lowest BCUT2D eigenvalue weighted by molar-refractivity contribution is 0.328. The molecule has 0 aromatic carbocycles. The van der Waals surface area contributed by atoms with Crippen molar-refractivity contribution < 1.29 is 4.43 Å². The number of nitrogens with zero attached hydrogens (tertiary/aromatic N) is 1. The maximum absolute atomic E-state index is 5.81. The minimum Gasteiger partial charge on any atom is -0.418 e. The maximum Gasteiger partial charge on any atom is 0.186 e. The fourth-order valence-corrected chi connectivity index (χ4v) is 5.70. The summed E-state index contributed by atoms with van der Waals surface area (Å²) < 4.78 is 8.11. The Bertz CT molecular complexity index is 179. The molecular formula is C11H27NOS2Si. The van der Waals surface area contributed by atoms with Gasteiger partial charge in [-0.2, -0.15) is 0 Å². The van der Waals surface area contributed by atoms with Crippen molar-refractivity contribution in [3.63, 3.8) is 0 Å². The molecule has 0 aromatic rings. The molecule has 16 heavy (non-hydrogen) atoms. The van der Waals surface area contributed by atoms with E-state index in [1.807, 2.05) is 21.8 Å². The second kappa shape index (κ2) is 8.86. The van der Waals surface area contributed by atoms with E-state index >= 15 is 0 Å². The summed E-state index contributed by atoms with van der Waals surface area (Å²) in [7, 11) is 4.65. The first-order chi connectivity index (χ1) is 7.39. The van der Waals surface area contributed by atoms with E-state index in [4.69, 9.17) is 4.43 Å². The molecule has 0 N–H and O–H groups in total. The molecule has 98 valence electrons. The van der Waals surface area contributed by atoms with Crippen molar-refractivity contribution in [2.45, 2.75) is 52.4 Å². The van der Waals surface area contributed by atoms with Gasteiger partial charge in [-0.3, -0.25) is 0 Å². The van der Waals surface area contributed by atoms with Gasteiger partial charge in [0.05, 0.1) is 0 Å². The monoisotopic (exact) mass is 281 g/mol. The van der Waals surface area contributed by atoms with E-state index < -0.39 is 8.32 Å². The van der Waals surface area contributed by atoms with E-state index in [0.29, 0.717) is 6.04 Å². The summed E-state index contributed by atoms with van der Waals surface area (Å²) in [6.45, 7) is 12.0. The van der Waals surface area contributed by atoms with Crippen LogP contribution in [0.4, 0.5) is 0 Å². The molecule has 0 aliphatic heterocycles. The predicted molar refractivity (Wildman–Crippen MR) is 81.5 cm³/mol. The van der Waals surface area contributed by atoms with Crippen LogP contribution >= 0.6 is 21.8 Å². The molecule has 0 aromatic heterocycles. The highest BCUT2D eigenvalue weighted by Gasteiger charge is 2.20. The molecule has 0 amide bonds. The fourth-order valence-electron chi connectivity index (χ4n) is 1.23. The van der Waals surface area contributed by atoms with Gasteiger partial charge in [0, 0.05) is 18.4 Å². The Morgan fingerprint density at radius 1 is 1.31 bits per heavy atom. The van der Waals surface area contributed by atoms with Crippen LogP contribution in [-0.4, -0.2) is 38.1 Å². The molecule has 0 aliphatic rings. The zero-order chi connectivity index (χ0) is 12.6. The zero-order valence-electron chi connectivity index (χ0n) is 11.6. The molecular weight excluding hydrogens is 254 g/mol. The third kappa shape index (κ3) is 8.93. The van der Waals surface area contributed by atoms with Gasteiger partial charge in [-0.25, -0.2) is 4.31 Å². The summed E-state index contributed by atoms with van der Waals surface area (Å²) in [6.07, 6.45) is 1.28. The van der Waals surface area contributed by atoms with Crippen LogP contribution in [0.25, 0.3) is 0 Å². The van der Waals surface area contributed by atoms with Crippen LogP contribution in [0.2, 0.25) is 19.1 Å². The van der Waals surface area contributed by atoms with Crippen LogP contribution < -0.4 is 0 Å². The first-order valence-electron chi connectivity index (χ1n) is 6.05. The molecule has 0 fully saturated rings. The lowest BCUT2D eigenvalue weighted by atomic mass is 10.4. The van der Waals surface area contributed by atoms with Crippen molar-refractivity contribution in [1.82, 2.24) is 4.31 Å². The average Bonchev–Trinajstić information content (AvgIpc) is 2.16. The average molecular weight is 282 g/mol. The van der Waals surface area contributed by atoms with Gasteiger partial charge in [0.2, 0.25) is 0 Å². The van der Waals surface area contributed by atoms with Gasteiger partial charge in [-0.1, -0.05) is 10.8 Å². The third-order valence-electron chi connectivity index (χ3n) is 2.44. The van der Waals surface area contributed by atoms with Gasteiger partial charge in [-0.05, 0) is 64.4 Å². The number of hydrogen-bond acceptors (Lipinski definition) is 4. The minimum absolute atomic E-state index is 0.617. The fraction of sp³-hybridized carbons (Fsp3) is 1.00. The second-order valence-electron chi connectivity index (χ2n) is 4.83. The van der Waals surface area contributed by atoms with Crippen LogP contribution in [0, 0.1) is 0 Å². The summed E-state index contributed by atoms with van der Waals surface area (Å²) in [4.78, 5) is 0. The predicted octanol–water partition coefficient (Wildman–Crippen LogP) is 4.25. The second-order valence-corrected chi connectivity index (χ2v) is 11.7. The van der Waals surface area contributed by atoms with Crippen molar-refractivity contribution in [1.29, 1.82) is 0 Å². The number of rotatable bonds is 9. The molecule has 0 atom stereocenters. The summed E-state index contributed by atoms with van der Waals surface area (Å²) >= 11 is 0. The van der Waals surface area contributed by atoms with Gasteiger partial charge >= 0.3 is 0 Å². The third-order valence-corrected chi connectivity index (χ3v) is 7.81. The van der Waals surface area contributed by atoms with Gasteiger partial charge < -0.3 is 4.43 Å². The Balaban J connectivity index is 3.46. The molecule has 0 bridgehead atoms. The smallest absolute Gasteiger partial charge is 0.186 e. The van der Waals surface area contributed by atoms with E-state index in [1.54, 1.807) is 0 Å². The lowest BCUT2D eigenvalue weighted by Crippen LogP contribution is -2.30. The van der Waals surface area contributed by atoms with Crippen LogP contribution in [0.5, 0.6) is 0 Å². The zero-order valence-corrected chi connectivity index (χ0v) is 14.2. The molecule has 0 spiro atoms. The van der Waals surface area contributed by atoms with Gasteiger partial charge in [-0.15, -0.1) is 0 Å². The quantitative estimate of drug-likeness (QED) is 0.271. The Kier molecular flexibility index (Phi) is 9.32. The molecule has 0 saturated carbocycles. The molecule has 0 radical (unpaired) electrons. The van der Waals surface area contributed by atoms with Crippen molar-refractivity contribution in [3.8, 4) is 0 Å². The SMILES string of the molecule is CCO[Si](C)(C)CCCSSN(C)C(C)C. The van der Waals surface area contributed by atoms with Gasteiger partial charge in [0.25, 0.3) is 0 Å². The standard InChI is InChI=1S/C11H27NOS2Si/c1-7-13-16(5,6)10-8-9-14-15-12(4)11(2)3/h11H,7-10H2,1-6H3. The first-order valence-corrected chi connectivity index (χ1v) is 11.4. The van der Waals surface area contributed by atoms with E-state index in [1.165, 1.54) is 18.2 Å². The Morgan fingerprint density at radius 2 is 1.94 bits per heavy atom. The highest BCUT2D eigenvalue weighted by atomic mass is 33.1. The van der Waals surface area contributed by atoms with Crippen LogP contribution in [0.1, 0.15) is 27.2 Å². The van der Waals surface area contributed by atoms with E-state index in [-0.39, 0.29) is 0 Å². The van der Waals surface area contributed by atoms with E-state index in [2.05, 4.69) is 45.2 Å². The van der Waals surface area contributed by atoms with Crippen LogP contribution in [0.15, 0.2) is 0 Å². The largest absolute Gasteiger partial charge is 0.418 e. The molecule has 0 aliphatic carbocycles. The molecule has 0 rings (SSSR count). The molecule has 0 heterocycles. The van der Waals surface area contributed by atoms with E-state index in [0.717, 1.165) is 6.61 Å². The molecule has 5 heteroatoms. The van der Waals surface area contributed by atoms with Crippen molar-refractivity contribution in [3.05, 3.63) is 0 Å². The minimum atomic E-state index is -1.34. The molecule has 2 nitrogen and oxygen atoms in total. The maximum atomic E-state index is 5.81. The van der Waals surface area contributed by atoms with Crippen LogP contribution in [-0.2, 0) is 4.43 Å². The van der Waals surface area contributed by atoms with E-state index in [9.17, 15) is 0 Å². The summed E-state index contributed by atoms with van der Waals surface area (Å²) in [6, 6.07) is 1.89.